The van der Waals surface area contributed by atoms with Gasteiger partial charge in [0.15, 0.2) is 11.5 Å². The molecule has 1 saturated heterocycles. The Bertz CT molecular complexity index is 868. The van der Waals surface area contributed by atoms with Gasteiger partial charge < -0.3 is 25.4 Å². The second-order valence-electron chi connectivity index (χ2n) is 9.24. The number of methoxy groups -OCH3 is 1. The summed E-state index contributed by atoms with van der Waals surface area (Å²) in [6.07, 6.45) is 10.2. The molecule has 194 valence electrons. The van der Waals surface area contributed by atoms with E-state index in [-0.39, 0.29) is 24.8 Å². The SMILES string of the molecule is COc1cc(CNC(=O)CCCC/C=C/C(C)C)ccc1OC(=O)C1CCCCN1C(=O)CCN. The summed E-state index contributed by atoms with van der Waals surface area (Å²) >= 11 is 0. The van der Waals surface area contributed by atoms with Gasteiger partial charge in [0.1, 0.15) is 6.04 Å². The van der Waals surface area contributed by atoms with Crippen LogP contribution in [0.5, 0.6) is 11.5 Å². The van der Waals surface area contributed by atoms with Crippen molar-refractivity contribution in [2.45, 2.75) is 77.8 Å². The second kappa shape index (κ2) is 15.2. The number of unbranched alkanes of at least 4 members (excludes halogenated alkanes) is 2. The van der Waals surface area contributed by atoms with E-state index in [1.165, 1.54) is 7.11 Å². The van der Waals surface area contributed by atoms with E-state index in [9.17, 15) is 14.4 Å². The standard InChI is InChI=1S/C27H41N3O5/c1-20(2)10-6-4-5-7-12-25(31)29-19-21-13-14-23(24(18-21)34-3)35-27(33)22-11-8-9-17-30(22)26(32)15-16-28/h6,10,13-14,18,20,22H,4-5,7-9,11-12,15-17,19,28H2,1-3H3,(H,29,31)/b10-6+. The lowest BCUT2D eigenvalue weighted by Gasteiger charge is -2.34. The third-order valence-corrected chi connectivity index (χ3v) is 5.93. The zero-order valence-corrected chi connectivity index (χ0v) is 21.4. The molecule has 0 aliphatic carbocycles. The van der Waals surface area contributed by atoms with Gasteiger partial charge in [-0.15, -0.1) is 0 Å². The number of hydrogen-bond donors (Lipinski definition) is 2. The van der Waals surface area contributed by atoms with Crippen LogP contribution in [0.2, 0.25) is 0 Å². The van der Waals surface area contributed by atoms with Crippen LogP contribution in [0.3, 0.4) is 0 Å². The topological polar surface area (TPSA) is 111 Å². The number of hydrogen-bond acceptors (Lipinski definition) is 6. The largest absolute Gasteiger partial charge is 0.493 e. The van der Waals surface area contributed by atoms with Gasteiger partial charge in [0.25, 0.3) is 0 Å². The van der Waals surface area contributed by atoms with Crippen LogP contribution in [-0.4, -0.2) is 48.9 Å². The first-order valence-corrected chi connectivity index (χ1v) is 12.7. The number of carbonyl (C=O) groups is 3. The summed E-state index contributed by atoms with van der Waals surface area (Å²) in [7, 11) is 1.50. The Morgan fingerprint density at radius 2 is 1.97 bits per heavy atom. The molecule has 0 spiro atoms. The highest BCUT2D eigenvalue weighted by Gasteiger charge is 2.33. The molecular formula is C27H41N3O5. The third-order valence-electron chi connectivity index (χ3n) is 5.93. The number of nitrogens with one attached hydrogen (secondary N) is 1. The molecule has 0 bridgehead atoms. The lowest BCUT2D eigenvalue weighted by molar-refractivity contribution is -0.150. The lowest BCUT2D eigenvalue weighted by atomic mass is 10.0. The summed E-state index contributed by atoms with van der Waals surface area (Å²) < 4.78 is 11.1. The first-order valence-electron chi connectivity index (χ1n) is 12.7. The van der Waals surface area contributed by atoms with Gasteiger partial charge in [-0.2, -0.15) is 0 Å². The molecule has 1 aliphatic heterocycles. The van der Waals surface area contributed by atoms with E-state index in [0.29, 0.717) is 43.3 Å². The van der Waals surface area contributed by atoms with Crippen molar-refractivity contribution in [2.24, 2.45) is 11.7 Å². The maximum absolute atomic E-state index is 12.9. The van der Waals surface area contributed by atoms with Crippen LogP contribution in [-0.2, 0) is 20.9 Å². The zero-order valence-electron chi connectivity index (χ0n) is 21.4. The summed E-state index contributed by atoms with van der Waals surface area (Å²) in [5.41, 5.74) is 6.36. The van der Waals surface area contributed by atoms with Crippen LogP contribution in [0.4, 0.5) is 0 Å². The molecular weight excluding hydrogens is 446 g/mol. The van der Waals surface area contributed by atoms with Gasteiger partial charge in [-0.3, -0.25) is 9.59 Å². The Morgan fingerprint density at radius 3 is 2.69 bits per heavy atom. The van der Waals surface area contributed by atoms with E-state index < -0.39 is 12.0 Å². The van der Waals surface area contributed by atoms with Crippen LogP contribution < -0.4 is 20.5 Å². The highest BCUT2D eigenvalue weighted by atomic mass is 16.6. The average molecular weight is 488 g/mol. The Hall–Kier alpha value is -2.87. The molecule has 1 atom stereocenters. The molecule has 2 amide bonds. The van der Waals surface area contributed by atoms with Gasteiger partial charge in [-0.1, -0.05) is 32.1 Å². The molecule has 8 nitrogen and oxygen atoms in total. The monoisotopic (exact) mass is 487 g/mol. The van der Waals surface area contributed by atoms with Gasteiger partial charge in [0.2, 0.25) is 11.8 Å². The number of rotatable bonds is 13. The van der Waals surface area contributed by atoms with E-state index in [1.54, 1.807) is 23.1 Å². The van der Waals surface area contributed by atoms with Crippen molar-refractivity contribution in [2.75, 3.05) is 20.2 Å². The van der Waals surface area contributed by atoms with Gasteiger partial charge in [0.05, 0.1) is 7.11 Å². The van der Waals surface area contributed by atoms with Crippen molar-refractivity contribution in [3.63, 3.8) is 0 Å². The molecule has 2 rings (SSSR count). The minimum absolute atomic E-state index is 0.00634. The number of likely N-dealkylation sites (tertiary alicyclic amines) is 1. The van der Waals surface area contributed by atoms with Crippen molar-refractivity contribution < 1.29 is 23.9 Å². The maximum atomic E-state index is 12.9. The van der Waals surface area contributed by atoms with Gasteiger partial charge in [0, 0.05) is 32.5 Å². The fourth-order valence-electron chi connectivity index (χ4n) is 4.03. The summed E-state index contributed by atoms with van der Waals surface area (Å²) in [4.78, 5) is 39.0. The van der Waals surface area contributed by atoms with E-state index in [0.717, 1.165) is 37.7 Å². The minimum atomic E-state index is -0.618. The fourth-order valence-corrected chi connectivity index (χ4v) is 4.03. The van der Waals surface area contributed by atoms with Crippen molar-refractivity contribution >= 4 is 17.8 Å². The number of amides is 2. The first-order chi connectivity index (χ1) is 16.8. The molecule has 1 heterocycles. The van der Waals surface area contributed by atoms with Gasteiger partial charge in [-0.25, -0.2) is 4.79 Å². The normalized spacial score (nSPS) is 15.9. The number of nitrogens with zero attached hydrogens (tertiary/aromatic N) is 1. The lowest BCUT2D eigenvalue weighted by Crippen LogP contribution is -2.49. The molecule has 1 unspecified atom stereocenters. The number of carbonyl (C=O) groups excluding carboxylic acids is 3. The molecule has 0 radical (unpaired) electrons. The number of esters is 1. The Kier molecular flexibility index (Phi) is 12.3. The number of allylic oxidation sites excluding steroid dienone is 2. The highest BCUT2D eigenvalue weighted by Crippen LogP contribution is 2.30. The van der Waals surface area contributed by atoms with Crippen LogP contribution in [0, 0.1) is 5.92 Å². The summed E-state index contributed by atoms with van der Waals surface area (Å²) in [5, 5.41) is 2.93. The fraction of sp³-hybridized carbons (Fsp3) is 0.593. The second-order valence-corrected chi connectivity index (χ2v) is 9.24. The van der Waals surface area contributed by atoms with Gasteiger partial charge in [-0.05, 0) is 62.1 Å². The van der Waals surface area contributed by atoms with Crippen molar-refractivity contribution in [3.8, 4) is 11.5 Å². The molecule has 1 fully saturated rings. The highest BCUT2D eigenvalue weighted by molar-refractivity contribution is 5.86. The Labute approximate surface area is 209 Å². The number of piperidine rings is 1. The Morgan fingerprint density at radius 1 is 1.17 bits per heavy atom. The molecule has 1 aliphatic rings. The van der Waals surface area contributed by atoms with E-state index in [2.05, 4.69) is 31.3 Å². The first kappa shape index (κ1) is 28.4. The molecule has 1 aromatic rings. The smallest absolute Gasteiger partial charge is 0.334 e. The van der Waals surface area contributed by atoms with Crippen molar-refractivity contribution in [3.05, 3.63) is 35.9 Å². The quantitative estimate of drug-likeness (QED) is 0.190. The molecule has 8 heteroatoms. The van der Waals surface area contributed by atoms with Crippen LogP contribution in [0.25, 0.3) is 0 Å². The number of nitrogens with two attached hydrogens (primary N) is 1. The van der Waals surface area contributed by atoms with E-state index >= 15 is 0 Å². The number of ether oxygens (including phenoxy) is 2. The Balaban J connectivity index is 1.88. The van der Waals surface area contributed by atoms with Crippen molar-refractivity contribution in [1.29, 1.82) is 0 Å². The molecule has 3 N–H and O–H groups in total. The van der Waals surface area contributed by atoms with Gasteiger partial charge >= 0.3 is 5.97 Å². The minimum Gasteiger partial charge on any atom is -0.493 e. The molecule has 0 aromatic heterocycles. The average Bonchev–Trinajstić information content (AvgIpc) is 2.85. The number of benzene rings is 1. The predicted octanol–water partition coefficient (Wildman–Crippen LogP) is 3.72. The van der Waals surface area contributed by atoms with Crippen molar-refractivity contribution in [1.82, 2.24) is 10.2 Å². The molecule has 1 aromatic carbocycles. The van der Waals surface area contributed by atoms with E-state index in [4.69, 9.17) is 15.2 Å². The third kappa shape index (κ3) is 9.72. The molecule has 35 heavy (non-hydrogen) atoms. The predicted molar refractivity (Wildman–Crippen MR) is 136 cm³/mol. The van der Waals surface area contributed by atoms with E-state index in [1.807, 2.05) is 0 Å². The molecule has 0 saturated carbocycles. The summed E-state index contributed by atoms with van der Waals surface area (Å²) in [6, 6.07) is 4.58. The maximum Gasteiger partial charge on any atom is 0.334 e. The van der Waals surface area contributed by atoms with Crippen LogP contribution in [0.1, 0.15) is 70.8 Å². The van der Waals surface area contributed by atoms with Crippen LogP contribution in [0.15, 0.2) is 30.4 Å². The zero-order chi connectivity index (χ0) is 25.6. The summed E-state index contributed by atoms with van der Waals surface area (Å²) in [6.45, 7) is 5.43. The van der Waals surface area contributed by atoms with Crippen LogP contribution >= 0.6 is 0 Å². The summed E-state index contributed by atoms with van der Waals surface area (Å²) in [5.74, 6) is 0.651.